The molecule has 0 bridgehead atoms. The Morgan fingerprint density at radius 3 is 1.97 bits per heavy atom. The summed E-state index contributed by atoms with van der Waals surface area (Å²) in [7, 11) is -1.99. The number of sulfonamides is 1. The van der Waals surface area contributed by atoms with Crippen LogP contribution in [0.2, 0.25) is 0 Å². The van der Waals surface area contributed by atoms with Crippen LogP contribution in [0.25, 0.3) is 0 Å². The van der Waals surface area contributed by atoms with Crippen molar-refractivity contribution in [2.75, 3.05) is 50.4 Å². The van der Waals surface area contributed by atoms with Gasteiger partial charge in [0.2, 0.25) is 15.9 Å². The number of piperazine rings is 1. The van der Waals surface area contributed by atoms with Gasteiger partial charge in [0.15, 0.2) is 0 Å². The summed E-state index contributed by atoms with van der Waals surface area (Å²) >= 11 is 0. The minimum Gasteiger partial charge on any atom is -0.341 e. The van der Waals surface area contributed by atoms with Gasteiger partial charge in [0.1, 0.15) is 0 Å². The van der Waals surface area contributed by atoms with E-state index in [1.165, 1.54) is 11.4 Å². The molecule has 166 valence electrons. The Bertz CT molecular complexity index is 1010. The minimum atomic E-state index is -3.52. The Hall–Kier alpha value is -2.95. The van der Waals surface area contributed by atoms with Crippen LogP contribution in [0.1, 0.15) is 5.56 Å². The van der Waals surface area contributed by atoms with Crippen molar-refractivity contribution in [2.24, 2.45) is 0 Å². The SMILES string of the molecule is CNC(=O)Nc1ccc(NC(=O)CN2CCN(S(=O)(=O)c3ccc(C)cc3)CC2)cc1. The fourth-order valence-corrected chi connectivity index (χ4v) is 4.64. The molecule has 1 saturated heterocycles. The summed E-state index contributed by atoms with van der Waals surface area (Å²) in [6, 6.07) is 13.3. The number of urea groups is 1. The van der Waals surface area contributed by atoms with Gasteiger partial charge in [-0.05, 0) is 43.3 Å². The maximum Gasteiger partial charge on any atom is 0.318 e. The predicted octanol–water partition coefficient (Wildman–Crippen LogP) is 1.69. The molecule has 1 aliphatic heterocycles. The highest BCUT2D eigenvalue weighted by Crippen LogP contribution is 2.18. The topological polar surface area (TPSA) is 111 Å². The zero-order valence-electron chi connectivity index (χ0n) is 17.6. The van der Waals surface area contributed by atoms with E-state index in [-0.39, 0.29) is 18.5 Å². The van der Waals surface area contributed by atoms with Crippen molar-refractivity contribution in [3.63, 3.8) is 0 Å². The van der Waals surface area contributed by atoms with Gasteiger partial charge in [0, 0.05) is 44.6 Å². The highest BCUT2D eigenvalue weighted by Gasteiger charge is 2.29. The van der Waals surface area contributed by atoms with E-state index in [9.17, 15) is 18.0 Å². The number of carbonyl (C=O) groups excluding carboxylic acids is 2. The molecule has 1 fully saturated rings. The van der Waals surface area contributed by atoms with Crippen LogP contribution in [0.3, 0.4) is 0 Å². The molecule has 10 heteroatoms. The van der Waals surface area contributed by atoms with Crippen LogP contribution in [-0.4, -0.2) is 69.3 Å². The number of hydrogen-bond donors (Lipinski definition) is 3. The molecule has 3 rings (SSSR count). The highest BCUT2D eigenvalue weighted by atomic mass is 32.2. The Morgan fingerprint density at radius 2 is 1.42 bits per heavy atom. The highest BCUT2D eigenvalue weighted by molar-refractivity contribution is 7.89. The molecule has 9 nitrogen and oxygen atoms in total. The molecule has 31 heavy (non-hydrogen) atoms. The number of anilines is 2. The molecule has 3 N–H and O–H groups in total. The first-order valence-corrected chi connectivity index (χ1v) is 11.4. The van der Waals surface area contributed by atoms with Gasteiger partial charge in [-0.25, -0.2) is 13.2 Å². The van der Waals surface area contributed by atoms with Gasteiger partial charge in [0.25, 0.3) is 0 Å². The summed E-state index contributed by atoms with van der Waals surface area (Å²) in [5.41, 5.74) is 2.24. The summed E-state index contributed by atoms with van der Waals surface area (Å²) in [6.07, 6.45) is 0. The first kappa shape index (κ1) is 22.7. The lowest BCUT2D eigenvalue weighted by atomic mass is 10.2. The van der Waals surface area contributed by atoms with Crippen molar-refractivity contribution in [1.82, 2.24) is 14.5 Å². The van der Waals surface area contributed by atoms with Gasteiger partial charge >= 0.3 is 6.03 Å². The lowest BCUT2D eigenvalue weighted by Crippen LogP contribution is -2.50. The van der Waals surface area contributed by atoms with Crippen LogP contribution >= 0.6 is 0 Å². The third-order valence-electron chi connectivity index (χ3n) is 5.01. The third-order valence-corrected chi connectivity index (χ3v) is 6.92. The second-order valence-electron chi connectivity index (χ2n) is 7.32. The van der Waals surface area contributed by atoms with Crippen molar-refractivity contribution < 1.29 is 18.0 Å². The standard InChI is InChI=1S/C21H27N5O4S/c1-16-3-9-19(10-4-16)31(29,30)26-13-11-25(12-14-26)15-20(27)23-17-5-7-18(8-6-17)24-21(28)22-2/h3-10H,11-15H2,1-2H3,(H,23,27)(H2,22,24,28). The summed E-state index contributed by atoms with van der Waals surface area (Å²) in [6.45, 7) is 3.72. The summed E-state index contributed by atoms with van der Waals surface area (Å²) < 4.78 is 27.0. The molecule has 0 aromatic heterocycles. The maximum atomic E-state index is 12.8. The lowest BCUT2D eigenvalue weighted by molar-refractivity contribution is -0.117. The van der Waals surface area contributed by atoms with Crippen molar-refractivity contribution >= 4 is 33.3 Å². The van der Waals surface area contributed by atoms with Gasteiger partial charge in [-0.3, -0.25) is 9.69 Å². The van der Waals surface area contributed by atoms with E-state index < -0.39 is 10.0 Å². The molecular weight excluding hydrogens is 418 g/mol. The summed E-state index contributed by atoms with van der Waals surface area (Å²) in [5, 5.41) is 7.92. The monoisotopic (exact) mass is 445 g/mol. The largest absolute Gasteiger partial charge is 0.341 e. The number of benzene rings is 2. The number of amides is 3. The molecule has 0 aliphatic carbocycles. The number of hydrogen-bond acceptors (Lipinski definition) is 5. The summed E-state index contributed by atoms with van der Waals surface area (Å²) in [4.78, 5) is 25.9. The second kappa shape index (κ2) is 9.90. The maximum absolute atomic E-state index is 12.8. The number of aryl methyl sites for hydroxylation is 1. The smallest absolute Gasteiger partial charge is 0.318 e. The Morgan fingerprint density at radius 1 is 0.871 bits per heavy atom. The normalized spacial score (nSPS) is 15.3. The molecule has 0 atom stereocenters. The average molecular weight is 446 g/mol. The van der Waals surface area contributed by atoms with Crippen LogP contribution in [-0.2, 0) is 14.8 Å². The predicted molar refractivity (Wildman–Crippen MR) is 120 cm³/mol. The molecule has 0 spiro atoms. The van der Waals surface area contributed by atoms with Crippen LogP contribution in [0.4, 0.5) is 16.2 Å². The van der Waals surface area contributed by atoms with E-state index in [1.54, 1.807) is 48.5 Å². The minimum absolute atomic E-state index is 0.177. The molecular formula is C21H27N5O4S. The van der Waals surface area contributed by atoms with E-state index in [0.717, 1.165) is 5.56 Å². The van der Waals surface area contributed by atoms with Crippen molar-refractivity contribution in [2.45, 2.75) is 11.8 Å². The van der Waals surface area contributed by atoms with E-state index in [0.29, 0.717) is 42.4 Å². The molecule has 1 heterocycles. The van der Waals surface area contributed by atoms with E-state index in [1.807, 2.05) is 11.8 Å². The van der Waals surface area contributed by atoms with Gasteiger partial charge in [-0.2, -0.15) is 4.31 Å². The number of nitrogens with one attached hydrogen (secondary N) is 3. The van der Waals surface area contributed by atoms with Crippen LogP contribution in [0.15, 0.2) is 53.4 Å². The molecule has 3 amide bonds. The van der Waals surface area contributed by atoms with Gasteiger partial charge in [-0.15, -0.1) is 0 Å². The van der Waals surface area contributed by atoms with Crippen LogP contribution < -0.4 is 16.0 Å². The molecule has 0 radical (unpaired) electrons. The van der Waals surface area contributed by atoms with E-state index >= 15 is 0 Å². The first-order chi connectivity index (χ1) is 14.8. The van der Waals surface area contributed by atoms with Gasteiger partial charge in [-0.1, -0.05) is 17.7 Å². The van der Waals surface area contributed by atoms with Crippen molar-refractivity contribution in [3.8, 4) is 0 Å². The van der Waals surface area contributed by atoms with Crippen molar-refractivity contribution in [1.29, 1.82) is 0 Å². The molecule has 2 aromatic rings. The number of rotatable bonds is 6. The van der Waals surface area contributed by atoms with Crippen LogP contribution in [0, 0.1) is 6.92 Å². The third kappa shape index (κ3) is 6.03. The zero-order chi connectivity index (χ0) is 22.4. The average Bonchev–Trinajstić information content (AvgIpc) is 2.75. The Balaban J connectivity index is 1.48. The fraction of sp³-hybridized carbons (Fsp3) is 0.333. The lowest BCUT2D eigenvalue weighted by Gasteiger charge is -2.33. The van der Waals surface area contributed by atoms with Gasteiger partial charge < -0.3 is 16.0 Å². The van der Waals surface area contributed by atoms with E-state index in [2.05, 4.69) is 16.0 Å². The molecule has 0 saturated carbocycles. The number of carbonyl (C=O) groups is 2. The molecule has 0 unspecified atom stereocenters. The van der Waals surface area contributed by atoms with Crippen molar-refractivity contribution in [3.05, 3.63) is 54.1 Å². The zero-order valence-corrected chi connectivity index (χ0v) is 18.4. The number of nitrogens with zero attached hydrogens (tertiary/aromatic N) is 2. The first-order valence-electron chi connectivity index (χ1n) is 9.96. The second-order valence-corrected chi connectivity index (χ2v) is 9.26. The van der Waals surface area contributed by atoms with Gasteiger partial charge in [0.05, 0.1) is 11.4 Å². The van der Waals surface area contributed by atoms with E-state index in [4.69, 9.17) is 0 Å². The fourth-order valence-electron chi connectivity index (χ4n) is 3.22. The molecule has 2 aromatic carbocycles. The Labute approximate surface area is 182 Å². The van der Waals surface area contributed by atoms with Crippen LogP contribution in [0.5, 0.6) is 0 Å². The summed E-state index contributed by atoms with van der Waals surface area (Å²) in [5.74, 6) is -0.179. The quantitative estimate of drug-likeness (QED) is 0.627. The molecule has 1 aliphatic rings. The Kier molecular flexibility index (Phi) is 7.26.